The molecule has 0 unspecified atom stereocenters. The summed E-state index contributed by atoms with van der Waals surface area (Å²) in [5.74, 6) is 0. The van der Waals surface area contributed by atoms with Crippen LogP contribution in [0, 0.1) is 6.92 Å². The molecule has 2 nitrogen and oxygen atoms in total. The van der Waals surface area contributed by atoms with E-state index in [1.807, 2.05) is 29.5 Å². The number of fused-ring (bicyclic) bond motifs is 3. The van der Waals surface area contributed by atoms with Gasteiger partial charge in [0.2, 0.25) is 0 Å². The molecular weight excluding hydrogens is 222 g/mol. The molecule has 86 valence electrons. The largest absolute Gasteiger partial charge is 0.276 e. The summed E-state index contributed by atoms with van der Waals surface area (Å²) in [5, 5.41) is 3.46. The van der Waals surface area contributed by atoms with Crippen molar-refractivity contribution >= 4 is 27.2 Å². The summed E-state index contributed by atoms with van der Waals surface area (Å²) in [6.45, 7) is 1.99. The SMILES string of the molecule is Cc1cc(=O)n2c3ccccc3c3cccc1c32. The van der Waals surface area contributed by atoms with E-state index in [4.69, 9.17) is 0 Å². The molecule has 0 radical (unpaired) electrons. The second kappa shape index (κ2) is 3.10. The molecule has 2 aromatic heterocycles. The van der Waals surface area contributed by atoms with Crippen LogP contribution in [0.25, 0.3) is 27.2 Å². The first-order chi connectivity index (χ1) is 8.77. The van der Waals surface area contributed by atoms with Gasteiger partial charge in [-0.3, -0.25) is 9.20 Å². The Kier molecular flexibility index (Phi) is 1.67. The van der Waals surface area contributed by atoms with Crippen molar-refractivity contribution in [3.63, 3.8) is 0 Å². The van der Waals surface area contributed by atoms with Gasteiger partial charge < -0.3 is 0 Å². The lowest BCUT2D eigenvalue weighted by Gasteiger charge is -2.03. The van der Waals surface area contributed by atoms with Crippen LogP contribution in [0.5, 0.6) is 0 Å². The van der Waals surface area contributed by atoms with Crippen molar-refractivity contribution in [1.82, 2.24) is 4.40 Å². The summed E-state index contributed by atoms with van der Waals surface area (Å²) in [6, 6.07) is 16.0. The average molecular weight is 233 g/mol. The molecule has 0 spiro atoms. The maximum atomic E-state index is 12.2. The van der Waals surface area contributed by atoms with Crippen LogP contribution < -0.4 is 5.56 Å². The topological polar surface area (TPSA) is 21.5 Å². The molecule has 4 aromatic rings. The third-order valence-electron chi connectivity index (χ3n) is 3.68. The molecule has 2 heterocycles. The highest BCUT2D eigenvalue weighted by atomic mass is 16.1. The van der Waals surface area contributed by atoms with E-state index in [1.165, 1.54) is 0 Å². The van der Waals surface area contributed by atoms with Crippen LogP contribution in [-0.4, -0.2) is 4.40 Å². The van der Waals surface area contributed by atoms with Gasteiger partial charge in [0.15, 0.2) is 0 Å². The van der Waals surface area contributed by atoms with Crippen LogP contribution in [0.1, 0.15) is 5.56 Å². The molecule has 0 aliphatic carbocycles. The molecule has 4 rings (SSSR count). The van der Waals surface area contributed by atoms with E-state index in [0.717, 1.165) is 32.8 Å². The zero-order chi connectivity index (χ0) is 12.3. The maximum Gasteiger partial charge on any atom is 0.255 e. The summed E-state index contributed by atoms with van der Waals surface area (Å²) in [4.78, 5) is 12.2. The Morgan fingerprint density at radius 2 is 1.61 bits per heavy atom. The predicted molar refractivity (Wildman–Crippen MR) is 74.6 cm³/mol. The van der Waals surface area contributed by atoms with E-state index < -0.39 is 0 Å². The molecule has 0 atom stereocenters. The Balaban J connectivity index is 2.55. The second-order valence-electron chi connectivity index (χ2n) is 4.72. The van der Waals surface area contributed by atoms with Gasteiger partial charge in [0.25, 0.3) is 5.56 Å². The fourth-order valence-corrected chi connectivity index (χ4v) is 2.89. The first kappa shape index (κ1) is 9.66. The zero-order valence-corrected chi connectivity index (χ0v) is 9.97. The average Bonchev–Trinajstić information content (AvgIpc) is 2.72. The molecule has 0 N–H and O–H groups in total. The van der Waals surface area contributed by atoms with Crippen molar-refractivity contribution in [3.8, 4) is 0 Å². The Morgan fingerprint density at radius 3 is 2.50 bits per heavy atom. The lowest BCUT2D eigenvalue weighted by molar-refractivity contribution is 1.17. The van der Waals surface area contributed by atoms with Crippen molar-refractivity contribution in [1.29, 1.82) is 0 Å². The number of hydrogen-bond acceptors (Lipinski definition) is 1. The molecule has 0 saturated carbocycles. The molecular formula is C16H11NO. The van der Waals surface area contributed by atoms with Crippen molar-refractivity contribution in [2.45, 2.75) is 6.92 Å². The van der Waals surface area contributed by atoms with Crippen LogP contribution in [0.3, 0.4) is 0 Å². The number of nitrogens with zero attached hydrogens (tertiary/aromatic N) is 1. The van der Waals surface area contributed by atoms with Gasteiger partial charge in [-0.05, 0) is 18.6 Å². The summed E-state index contributed by atoms with van der Waals surface area (Å²) in [7, 11) is 0. The molecule has 2 aromatic carbocycles. The fourth-order valence-electron chi connectivity index (χ4n) is 2.89. The molecule has 0 saturated heterocycles. The fraction of sp³-hybridized carbons (Fsp3) is 0.0625. The Hall–Kier alpha value is -2.35. The molecule has 0 aliphatic rings. The van der Waals surface area contributed by atoms with Crippen molar-refractivity contribution in [2.75, 3.05) is 0 Å². The predicted octanol–water partition coefficient (Wildman–Crippen LogP) is 3.35. The molecule has 0 amide bonds. The number of pyridine rings is 1. The highest BCUT2D eigenvalue weighted by molar-refractivity contribution is 6.14. The van der Waals surface area contributed by atoms with Gasteiger partial charge in [-0.1, -0.05) is 36.4 Å². The maximum absolute atomic E-state index is 12.2. The lowest BCUT2D eigenvalue weighted by atomic mass is 10.1. The number of benzene rings is 2. The minimum atomic E-state index is 0.0531. The normalized spacial score (nSPS) is 11.8. The van der Waals surface area contributed by atoms with Gasteiger partial charge in [0.1, 0.15) is 0 Å². The Bertz CT molecular complexity index is 950. The first-order valence-corrected chi connectivity index (χ1v) is 6.02. The van der Waals surface area contributed by atoms with Gasteiger partial charge in [0, 0.05) is 22.2 Å². The number of aromatic nitrogens is 1. The van der Waals surface area contributed by atoms with Gasteiger partial charge in [-0.2, -0.15) is 0 Å². The van der Waals surface area contributed by atoms with E-state index >= 15 is 0 Å². The standard InChI is InChI=1S/C16H11NO/c1-10-9-15(18)17-14-8-3-2-5-12(14)13-7-4-6-11(10)16(13)17/h2-9H,1H3. The quantitative estimate of drug-likeness (QED) is 0.456. The number of rotatable bonds is 0. The molecule has 0 bridgehead atoms. The van der Waals surface area contributed by atoms with E-state index in [2.05, 4.69) is 24.3 Å². The molecule has 18 heavy (non-hydrogen) atoms. The summed E-state index contributed by atoms with van der Waals surface area (Å²) < 4.78 is 1.83. The van der Waals surface area contributed by atoms with E-state index in [-0.39, 0.29) is 5.56 Å². The van der Waals surface area contributed by atoms with E-state index in [0.29, 0.717) is 0 Å². The van der Waals surface area contributed by atoms with Gasteiger partial charge >= 0.3 is 0 Å². The van der Waals surface area contributed by atoms with Crippen LogP contribution in [-0.2, 0) is 0 Å². The summed E-state index contributed by atoms with van der Waals surface area (Å²) >= 11 is 0. The van der Waals surface area contributed by atoms with Gasteiger partial charge in [-0.25, -0.2) is 0 Å². The van der Waals surface area contributed by atoms with Crippen molar-refractivity contribution in [2.24, 2.45) is 0 Å². The highest BCUT2D eigenvalue weighted by Gasteiger charge is 2.13. The zero-order valence-electron chi connectivity index (χ0n) is 9.97. The van der Waals surface area contributed by atoms with Crippen LogP contribution in [0.4, 0.5) is 0 Å². The Labute approximate surface area is 103 Å². The van der Waals surface area contributed by atoms with Gasteiger partial charge in [0.05, 0.1) is 11.0 Å². The minimum Gasteiger partial charge on any atom is -0.276 e. The second-order valence-corrected chi connectivity index (χ2v) is 4.72. The van der Waals surface area contributed by atoms with Crippen LogP contribution in [0.15, 0.2) is 53.3 Å². The van der Waals surface area contributed by atoms with E-state index in [1.54, 1.807) is 6.07 Å². The van der Waals surface area contributed by atoms with Crippen LogP contribution >= 0.6 is 0 Å². The van der Waals surface area contributed by atoms with E-state index in [9.17, 15) is 4.79 Å². The highest BCUT2D eigenvalue weighted by Crippen LogP contribution is 2.31. The first-order valence-electron chi connectivity index (χ1n) is 6.02. The van der Waals surface area contributed by atoms with Crippen LogP contribution in [0.2, 0.25) is 0 Å². The smallest absolute Gasteiger partial charge is 0.255 e. The van der Waals surface area contributed by atoms with Crippen molar-refractivity contribution in [3.05, 3.63) is 64.4 Å². The third-order valence-corrected chi connectivity index (χ3v) is 3.68. The number of hydrogen-bond donors (Lipinski definition) is 0. The van der Waals surface area contributed by atoms with Gasteiger partial charge in [-0.15, -0.1) is 0 Å². The Morgan fingerprint density at radius 1 is 0.889 bits per heavy atom. The molecule has 0 aliphatic heterocycles. The number of aryl methyl sites for hydroxylation is 1. The number of para-hydroxylation sites is 2. The minimum absolute atomic E-state index is 0.0531. The molecule has 2 heteroatoms. The van der Waals surface area contributed by atoms with Crippen molar-refractivity contribution < 1.29 is 0 Å². The summed E-state index contributed by atoms with van der Waals surface area (Å²) in [5.41, 5.74) is 3.13. The third kappa shape index (κ3) is 1.00. The summed E-state index contributed by atoms with van der Waals surface area (Å²) in [6.07, 6.45) is 0. The molecule has 0 fully saturated rings. The lowest BCUT2D eigenvalue weighted by Crippen LogP contribution is -2.11. The monoisotopic (exact) mass is 233 g/mol.